The second-order valence-electron chi connectivity index (χ2n) is 8.47. The van der Waals surface area contributed by atoms with Crippen molar-refractivity contribution < 1.29 is 23.7 Å². The van der Waals surface area contributed by atoms with Gasteiger partial charge in [0.05, 0.1) is 34.9 Å². The lowest BCUT2D eigenvalue weighted by Crippen LogP contribution is -2.22. The van der Waals surface area contributed by atoms with Gasteiger partial charge < -0.3 is 24.3 Å². The molecule has 0 atom stereocenters. The van der Waals surface area contributed by atoms with E-state index in [0.29, 0.717) is 23.8 Å². The molecule has 0 saturated carbocycles. The van der Waals surface area contributed by atoms with Crippen LogP contribution in [0.3, 0.4) is 0 Å². The summed E-state index contributed by atoms with van der Waals surface area (Å²) < 4.78 is 22.0. The van der Waals surface area contributed by atoms with Crippen molar-refractivity contribution in [3.05, 3.63) is 88.5 Å². The number of ether oxygens (including phenoxy) is 4. The van der Waals surface area contributed by atoms with Gasteiger partial charge in [0.15, 0.2) is 11.5 Å². The van der Waals surface area contributed by atoms with Crippen molar-refractivity contribution in [1.82, 2.24) is 5.32 Å². The number of benzene rings is 3. The van der Waals surface area contributed by atoms with Crippen molar-refractivity contribution in [2.45, 2.75) is 19.9 Å². The largest absolute Gasteiger partial charge is 0.497 e. The number of hydrogen-bond acceptors (Lipinski definition) is 5. The van der Waals surface area contributed by atoms with Gasteiger partial charge >= 0.3 is 0 Å². The molecule has 0 heterocycles. The molecule has 1 aliphatic carbocycles. The fourth-order valence-electron chi connectivity index (χ4n) is 4.49. The van der Waals surface area contributed by atoms with Gasteiger partial charge in [-0.2, -0.15) is 0 Å². The molecule has 0 radical (unpaired) electrons. The van der Waals surface area contributed by atoms with Gasteiger partial charge in [-0.15, -0.1) is 0 Å². The Labute approximate surface area is 212 Å². The Balaban J connectivity index is 1.71. The van der Waals surface area contributed by atoms with E-state index < -0.39 is 0 Å². The van der Waals surface area contributed by atoms with Crippen LogP contribution in [-0.4, -0.2) is 34.3 Å². The number of amides is 1. The fourth-order valence-corrected chi connectivity index (χ4v) is 4.49. The predicted molar refractivity (Wildman–Crippen MR) is 142 cm³/mol. The Bertz CT molecular complexity index is 1300. The zero-order chi connectivity index (χ0) is 25.7. The predicted octanol–water partition coefficient (Wildman–Crippen LogP) is 5.76. The lowest BCUT2D eigenvalue weighted by molar-refractivity contribution is -0.120. The van der Waals surface area contributed by atoms with E-state index in [1.165, 1.54) is 0 Å². The molecule has 0 aromatic heterocycles. The van der Waals surface area contributed by atoms with Crippen LogP contribution in [0.15, 0.2) is 66.2 Å². The van der Waals surface area contributed by atoms with Crippen molar-refractivity contribution >= 4 is 23.1 Å². The Hall–Kier alpha value is -4.19. The van der Waals surface area contributed by atoms with E-state index in [0.717, 1.165) is 44.7 Å². The molecule has 0 saturated heterocycles. The van der Waals surface area contributed by atoms with E-state index in [1.807, 2.05) is 60.7 Å². The van der Waals surface area contributed by atoms with Gasteiger partial charge in [-0.3, -0.25) is 4.79 Å². The molecule has 1 amide bonds. The Kier molecular flexibility index (Phi) is 7.64. The highest BCUT2D eigenvalue weighted by Gasteiger charge is 2.26. The third-order valence-electron chi connectivity index (χ3n) is 6.37. The Morgan fingerprint density at radius 3 is 2.14 bits per heavy atom. The SMILES string of the molecule is COc1ccc2c(c1)C(CC(=O)NCc1ccccc1)=C(C)C2=Cc1cc(OC)c(OC)c(OC)c1. The first-order valence-corrected chi connectivity index (χ1v) is 11.7. The van der Waals surface area contributed by atoms with Crippen LogP contribution in [0.4, 0.5) is 0 Å². The normalized spacial score (nSPS) is 13.4. The minimum absolute atomic E-state index is 0.0315. The smallest absolute Gasteiger partial charge is 0.224 e. The first kappa shape index (κ1) is 24.9. The summed E-state index contributed by atoms with van der Waals surface area (Å²) in [6.45, 7) is 2.54. The monoisotopic (exact) mass is 485 g/mol. The summed E-state index contributed by atoms with van der Waals surface area (Å²) in [7, 11) is 6.43. The van der Waals surface area contributed by atoms with Crippen molar-refractivity contribution in [2.75, 3.05) is 28.4 Å². The molecular formula is C30H31NO5. The molecule has 0 unspecified atom stereocenters. The summed E-state index contributed by atoms with van der Waals surface area (Å²) in [5.41, 5.74) is 7.07. The molecule has 0 fully saturated rings. The quantitative estimate of drug-likeness (QED) is 0.418. The average Bonchev–Trinajstić information content (AvgIpc) is 3.16. The van der Waals surface area contributed by atoms with Crippen LogP contribution in [0.25, 0.3) is 17.2 Å². The molecule has 0 aliphatic heterocycles. The minimum atomic E-state index is -0.0315. The second-order valence-corrected chi connectivity index (χ2v) is 8.47. The fraction of sp³-hybridized carbons (Fsp3) is 0.233. The first-order chi connectivity index (χ1) is 17.5. The molecule has 0 spiro atoms. The second kappa shape index (κ2) is 11.0. The van der Waals surface area contributed by atoms with Gasteiger partial charge in [0, 0.05) is 6.54 Å². The number of fused-ring (bicyclic) bond motifs is 1. The summed E-state index contributed by atoms with van der Waals surface area (Å²) in [4.78, 5) is 12.9. The van der Waals surface area contributed by atoms with E-state index in [2.05, 4.69) is 18.3 Å². The number of carbonyl (C=O) groups is 1. The molecular weight excluding hydrogens is 454 g/mol. The standard InChI is InChI=1S/C30H31NO5/c1-19-24(13-21-14-27(34-3)30(36-5)28(15-21)35-4)23-12-11-22(33-2)16-26(23)25(19)17-29(32)31-18-20-9-7-6-8-10-20/h6-16H,17-18H2,1-5H3,(H,31,32). The summed E-state index contributed by atoms with van der Waals surface area (Å²) in [5.74, 6) is 2.42. The summed E-state index contributed by atoms with van der Waals surface area (Å²) in [5, 5.41) is 3.04. The molecule has 36 heavy (non-hydrogen) atoms. The van der Waals surface area contributed by atoms with Gasteiger partial charge in [0.25, 0.3) is 0 Å². The topological polar surface area (TPSA) is 66.0 Å². The van der Waals surface area contributed by atoms with E-state index in [-0.39, 0.29) is 12.3 Å². The van der Waals surface area contributed by atoms with Gasteiger partial charge in [0.2, 0.25) is 11.7 Å². The average molecular weight is 486 g/mol. The summed E-state index contributed by atoms with van der Waals surface area (Å²) in [6.07, 6.45) is 2.35. The van der Waals surface area contributed by atoms with Gasteiger partial charge in [0.1, 0.15) is 5.75 Å². The molecule has 3 aromatic rings. The molecule has 4 rings (SSSR count). The highest BCUT2D eigenvalue weighted by molar-refractivity contribution is 6.08. The molecule has 0 bridgehead atoms. The first-order valence-electron chi connectivity index (χ1n) is 11.7. The summed E-state index contributed by atoms with van der Waals surface area (Å²) >= 11 is 0. The van der Waals surface area contributed by atoms with Crippen molar-refractivity contribution in [1.29, 1.82) is 0 Å². The number of carbonyl (C=O) groups excluding carboxylic acids is 1. The molecule has 1 aliphatic rings. The number of nitrogens with one attached hydrogen (secondary N) is 1. The number of allylic oxidation sites excluding steroid dienone is 2. The molecule has 6 heteroatoms. The van der Waals surface area contributed by atoms with Crippen molar-refractivity contribution in [3.8, 4) is 23.0 Å². The van der Waals surface area contributed by atoms with Gasteiger partial charge in [-0.05, 0) is 76.2 Å². The maximum absolute atomic E-state index is 12.9. The lowest BCUT2D eigenvalue weighted by Gasteiger charge is -2.13. The van der Waals surface area contributed by atoms with Crippen molar-refractivity contribution in [2.24, 2.45) is 0 Å². The van der Waals surface area contributed by atoms with E-state index in [4.69, 9.17) is 18.9 Å². The van der Waals surface area contributed by atoms with Crippen LogP contribution in [0, 0.1) is 0 Å². The molecule has 3 aromatic carbocycles. The van der Waals surface area contributed by atoms with Crippen LogP contribution >= 0.6 is 0 Å². The molecule has 6 nitrogen and oxygen atoms in total. The van der Waals surface area contributed by atoms with Crippen LogP contribution in [0.5, 0.6) is 23.0 Å². The van der Waals surface area contributed by atoms with Crippen LogP contribution < -0.4 is 24.3 Å². The minimum Gasteiger partial charge on any atom is -0.497 e. The van der Waals surface area contributed by atoms with E-state index >= 15 is 0 Å². The van der Waals surface area contributed by atoms with Crippen LogP contribution in [-0.2, 0) is 11.3 Å². The maximum atomic E-state index is 12.9. The Morgan fingerprint density at radius 2 is 1.53 bits per heavy atom. The lowest BCUT2D eigenvalue weighted by atomic mass is 10.00. The zero-order valence-corrected chi connectivity index (χ0v) is 21.3. The third kappa shape index (κ3) is 5.08. The number of rotatable bonds is 9. The van der Waals surface area contributed by atoms with Gasteiger partial charge in [-0.1, -0.05) is 36.4 Å². The van der Waals surface area contributed by atoms with Crippen LogP contribution in [0.1, 0.15) is 35.6 Å². The third-order valence-corrected chi connectivity index (χ3v) is 6.37. The zero-order valence-electron chi connectivity index (χ0n) is 21.3. The Morgan fingerprint density at radius 1 is 0.833 bits per heavy atom. The van der Waals surface area contributed by atoms with Crippen molar-refractivity contribution in [3.63, 3.8) is 0 Å². The number of hydrogen-bond donors (Lipinski definition) is 1. The van der Waals surface area contributed by atoms with E-state index in [1.54, 1.807) is 28.4 Å². The van der Waals surface area contributed by atoms with E-state index in [9.17, 15) is 4.79 Å². The summed E-state index contributed by atoms with van der Waals surface area (Å²) in [6, 6.07) is 19.7. The van der Waals surface area contributed by atoms with Crippen LogP contribution in [0.2, 0.25) is 0 Å². The molecule has 1 N–H and O–H groups in total. The number of methoxy groups -OCH3 is 4. The molecule has 186 valence electrons. The van der Waals surface area contributed by atoms with Gasteiger partial charge in [-0.25, -0.2) is 0 Å². The highest BCUT2D eigenvalue weighted by atomic mass is 16.5. The maximum Gasteiger partial charge on any atom is 0.224 e. The highest BCUT2D eigenvalue weighted by Crippen LogP contribution is 2.46.